The Kier molecular flexibility index (Phi) is 4.80. The summed E-state index contributed by atoms with van der Waals surface area (Å²) in [5.41, 5.74) is 0. The van der Waals surface area contributed by atoms with Crippen LogP contribution in [0.3, 0.4) is 0 Å². The van der Waals surface area contributed by atoms with Gasteiger partial charge in [0.25, 0.3) is 0 Å². The van der Waals surface area contributed by atoms with Gasteiger partial charge in [-0.1, -0.05) is 6.42 Å². The highest BCUT2D eigenvalue weighted by atomic mass is 16.5. The van der Waals surface area contributed by atoms with Crippen LogP contribution in [0.4, 0.5) is 0 Å². The number of rotatable bonds is 4. The summed E-state index contributed by atoms with van der Waals surface area (Å²) >= 11 is 0. The van der Waals surface area contributed by atoms with Crippen LogP contribution >= 0.6 is 0 Å². The number of ether oxygens (including phenoxy) is 1. The molecule has 2 fully saturated rings. The van der Waals surface area contributed by atoms with E-state index in [4.69, 9.17) is 4.74 Å². The second kappa shape index (κ2) is 6.36. The van der Waals surface area contributed by atoms with Crippen molar-refractivity contribution in [2.45, 2.75) is 51.1 Å². The molecule has 0 radical (unpaired) electrons. The molecule has 2 saturated heterocycles. The van der Waals surface area contributed by atoms with Crippen LogP contribution in [0.1, 0.15) is 39.0 Å². The van der Waals surface area contributed by atoms with Gasteiger partial charge in [-0.25, -0.2) is 0 Å². The molecule has 0 saturated carbocycles. The number of amides is 1. The molecule has 2 rings (SSSR count). The van der Waals surface area contributed by atoms with Crippen LogP contribution in [0, 0.1) is 0 Å². The van der Waals surface area contributed by atoms with Gasteiger partial charge < -0.3 is 15.0 Å². The molecule has 0 aromatic heterocycles. The largest absolute Gasteiger partial charge is 0.380 e. The van der Waals surface area contributed by atoms with E-state index in [2.05, 4.69) is 5.32 Å². The molecule has 1 amide bonds. The van der Waals surface area contributed by atoms with Crippen molar-refractivity contribution in [2.24, 2.45) is 0 Å². The molecule has 0 aliphatic carbocycles. The van der Waals surface area contributed by atoms with Crippen molar-refractivity contribution in [2.75, 3.05) is 26.3 Å². The molecule has 4 heteroatoms. The lowest BCUT2D eigenvalue weighted by Gasteiger charge is -2.31. The first kappa shape index (κ1) is 12.8. The zero-order chi connectivity index (χ0) is 12.1. The average molecular weight is 240 g/mol. The minimum atomic E-state index is 0.0611. The SMILES string of the molecule is CCOC[C@H]1CCCN1C(=O)[C@H]1CCCCN1. The Hall–Kier alpha value is -0.610. The van der Waals surface area contributed by atoms with Crippen LogP contribution in [0.25, 0.3) is 0 Å². The highest BCUT2D eigenvalue weighted by Crippen LogP contribution is 2.20. The van der Waals surface area contributed by atoms with Gasteiger partial charge in [0.1, 0.15) is 0 Å². The third-order valence-corrected chi connectivity index (χ3v) is 3.78. The number of hydrogen-bond donors (Lipinski definition) is 1. The summed E-state index contributed by atoms with van der Waals surface area (Å²) in [4.78, 5) is 14.4. The van der Waals surface area contributed by atoms with Crippen LogP contribution in [-0.2, 0) is 9.53 Å². The summed E-state index contributed by atoms with van der Waals surface area (Å²) in [6.45, 7) is 5.34. The van der Waals surface area contributed by atoms with Crippen molar-refractivity contribution in [3.8, 4) is 0 Å². The highest BCUT2D eigenvalue weighted by molar-refractivity contribution is 5.82. The zero-order valence-electron chi connectivity index (χ0n) is 10.8. The molecule has 98 valence electrons. The number of carbonyl (C=O) groups excluding carboxylic acids is 1. The van der Waals surface area contributed by atoms with Crippen molar-refractivity contribution < 1.29 is 9.53 Å². The first-order valence-corrected chi connectivity index (χ1v) is 6.94. The van der Waals surface area contributed by atoms with Gasteiger partial charge in [0.15, 0.2) is 0 Å². The van der Waals surface area contributed by atoms with E-state index in [1.807, 2.05) is 11.8 Å². The number of piperidine rings is 1. The maximum Gasteiger partial charge on any atom is 0.240 e. The molecule has 4 nitrogen and oxygen atoms in total. The van der Waals surface area contributed by atoms with E-state index in [1.54, 1.807) is 0 Å². The monoisotopic (exact) mass is 240 g/mol. The lowest BCUT2D eigenvalue weighted by Crippen LogP contribution is -2.50. The van der Waals surface area contributed by atoms with Gasteiger partial charge in [-0.05, 0) is 39.2 Å². The second-order valence-corrected chi connectivity index (χ2v) is 4.99. The molecular formula is C13H24N2O2. The Morgan fingerprint density at radius 1 is 1.35 bits per heavy atom. The van der Waals surface area contributed by atoms with Gasteiger partial charge in [0.05, 0.1) is 18.7 Å². The number of nitrogens with zero attached hydrogens (tertiary/aromatic N) is 1. The van der Waals surface area contributed by atoms with Crippen molar-refractivity contribution in [3.05, 3.63) is 0 Å². The van der Waals surface area contributed by atoms with E-state index >= 15 is 0 Å². The van der Waals surface area contributed by atoms with E-state index in [9.17, 15) is 4.79 Å². The van der Waals surface area contributed by atoms with Crippen LogP contribution in [0.15, 0.2) is 0 Å². The molecule has 2 aliphatic rings. The molecule has 0 bridgehead atoms. The van der Waals surface area contributed by atoms with Gasteiger partial charge >= 0.3 is 0 Å². The number of carbonyl (C=O) groups is 1. The normalized spacial score (nSPS) is 29.6. The summed E-state index contributed by atoms with van der Waals surface area (Å²) in [5.74, 6) is 0.298. The predicted octanol–water partition coefficient (Wildman–Crippen LogP) is 1.16. The van der Waals surface area contributed by atoms with Crippen molar-refractivity contribution in [1.29, 1.82) is 0 Å². The highest BCUT2D eigenvalue weighted by Gasteiger charge is 2.33. The first-order chi connectivity index (χ1) is 8.33. The minimum Gasteiger partial charge on any atom is -0.380 e. The van der Waals surface area contributed by atoms with Gasteiger partial charge in [0.2, 0.25) is 5.91 Å². The molecule has 17 heavy (non-hydrogen) atoms. The lowest BCUT2D eigenvalue weighted by molar-refractivity contribution is -0.135. The summed E-state index contributed by atoms with van der Waals surface area (Å²) in [5, 5.41) is 3.34. The fourth-order valence-electron chi connectivity index (χ4n) is 2.82. The van der Waals surface area contributed by atoms with E-state index in [1.165, 1.54) is 12.8 Å². The number of hydrogen-bond acceptors (Lipinski definition) is 3. The standard InChI is InChI=1S/C13H24N2O2/c1-2-17-10-11-6-5-9-15(11)13(16)12-7-3-4-8-14-12/h11-12,14H,2-10H2,1H3/t11-,12-/m1/s1. The molecule has 0 spiro atoms. The van der Waals surface area contributed by atoms with E-state index in [0.717, 1.165) is 39.0 Å². The lowest BCUT2D eigenvalue weighted by atomic mass is 10.0. The third kappa shape index (κ3) is 3.19. The Labute approximate surface area is 104 Å². The Balaban J connectivity index is 1.88. The second-order valence-electron chi connectivity index (χ2n) is 4.99. The van der Waals surface area contributed by atoms with Crippen LogP contribution in [-0.4, -0.2) is 49.2 Å². The summed E-state index contributed by atoms with van der Waals surface area (Å²) in [6.07, 6.45) is 5.59. The van der Waals surface area contributed by atoms with Gasteiger partial charge in [-0.3, -0.25) is 4.79 Å². The minimum absolute atomic E-state index is 0.0611. The molecule has 0 aromatic carbocycles. The van der Waals surface area contributed by atoms with Crippen LogP contribution in [0.5, 0.6) is 0 Å². The molecule has 2 atom stereocenters. The van der Waals surface area contributed by atoms with Crippen molar-refractivity contribution in [1.82, 2.24) is 10.2 Å². The molecular weight excluding hydrogens is 216 g/mol. The first-order valence-electron chi connectivity index (χ1n) is 6.94. The van der Waals surface area contributed by atoms with E-state index < -0.39 is 0 Å². The summed E-state index contributed by atoms with van der Waals surface area (Å²) in [6, 6.07) is 0.372. The topological polar surface area (TPSA) is 41.6 Å². The smallest absolute Gasteiger partial charge is 0.240 e. The molecule has 0 unspecified atom stereocenters. The van der Waals surface area contributed by atoms with Crippen LogP contribution in [0.2, 0.25) is 0 Å². The fraction of sp³-hybridized carbons (Fsp3) is 0.923. The maximum absolute atomic E-state index is 12.4. The fourth-order valence-corrected chi connectivity index (χ4v) is 2.82. The molecule has 2 heterocycles. The number of likely N-dealkylation sites (tertiary alicyclic amines) is 1. The zero-order valence-corrected chi connectivity index (χ0v) is 10.8. The van der Waals surface area contributed by atoms with Gasteiger partial charge in [0, 0.05) is 13.2 Å². The van der Waals surface area contributed by atoms with Crippen LogP contribution < -0.4 is 5.32 Å². The van der Waals surface area contributed by atoms with E-state index in [-0.39, 0.29) is 6.04 Å². The third-order valence-electron chi connectivity index (χ3n) is 3.78. The Morgan fingerprint density at radius 2 is 2.24 bits per heavy atom. The van der Waals surface area contributed by atoms with Gasteiger partial charge in [-0.15, -0.1) is 0 Å². The van der Waals surface area contributed by atoms with Crippen molar-refractivity contribution in [3.63, 3.8) is 0 Å². The Morgan fingerprint density at radius 3 is 2.94 bits per heavy atom. The van der Waals surface area contributed by atoms with E-state index in [0.29, 0.717) is 18.6 Å². The number of nitrogens with one attached hydrogen (secondary N) is 1. The van der Waals surface area contributed by atoms with Crippen molar-refractivity contribution >= 4 is 5.91 Å². The Bertz CT molecular complexity index is 252. The summed E-state index contributed by atoms with van der Waals surface area (Å²) < 4.78 is 5.47. The quantitative estimate of drug-likeness (QED) is 0.801. The van der Waals surface area contributed by atoms with Gasteiger partial charge in [-0.2, -0.15) is 0 Å². The molecule has 2 aliphatic heterocycles. The summed E-state index contributed by atoms with van der Waals surface area (Å²) in [7, 11) is 0. The molecule has 1 N–H and O–H groups in total. The average Bonchev–Trinajstić information content (AvgIpc) is 2.84. The maximum atomic E-state index is 12.4. The predicted molar refractivity (Wildman–Crippen MR) is 66.9 cm³/mol. The molecule has 0 aromatic rings.